The molecule has 0 heterocycles. The molecular formula is C15H14F2N2O2. The van der Waals surface area contributed by atoms with E-state index in [-0.39, 0.29) is 5.69 Å². The molecule has 2 aromatic carbocycles. The highest BCUT2D eigenvalue weighted by atomic mass is 19.2. The number of benzene rings is 2. The number of carbonyl (C=O) groups is 1. The summed E-state index contributed by atoms with van der Waals surface area (Å²) in [5.41, 5.74) is 1.58. The molecule has 0 saturated carbocycles. The number of nitrogens with one attached hydrogen (secondary N) is 2. The van der Waals surface area contributed by atoms with Gasteiger partial charge in [0.05, 0.1) is 12.8 Å². The molecule has 0 saturated heterocycles. The molecule has 0 unspecified atom stereocenters. The van der Waals surface area contributed by atoms with Crippen molar-refractivity contribution >= 4 is 17.4 Å². The smallest absolute Gasteiger partial charge is 0.323 e. The van der Waals surface area contributed by atoms with E-state index >= 15 is 0 Å². The van der Waals surface area contributed by atoms with Crippen LogP contribution in [-0.4, -0.2) is 13.1 Å². The molecule has 21 heavy (non-hydrogen) atoms. The lowest BCUT2D eigenvalue weighted by Crippen LogP contribution is -2.20. The molecule has 0 aliphatic carbocycles. The molecule has 0 aromatic heterocycles. The second-order valence-electron chi connectivity index (χ2n) is 4.41. The highest BCUT2D eigenvalue weighted by molar-refractivity contribution is 6.00. The molecule has 110 valence electrons. The fourth-order valence-corrected chi connectivity index (χ4v) is 1.78. The molecule has 0 aliphatic heterocycles. The van der Waals surface area contributed by atoms with Gasteiger partial charge in [-0.2, -0.15) is 0 Å². The molecule has 0 aliphatic rings. The summed E-state index contributed by atoms with van der Waals surface area (Å²) in [7, 11) is 1.49. The Hall–Kier alpha value is -2.63. The number of aryl methyl sites for hydroxylation is 1. The van der Waals surface area contributed by atoms with Gasteiger partial charge in [0.15, 0.2) is 11.6 Å². The third-order valence-electron chi connectivity index (χ3n) is 2.78. The van der Waals surface area contributed by atoms with Gasteiger partial charge in [0.1, 0.15) is 5.75 Å². The Balaban J connectivity index is 2.11. The fraction of sp³-hybridized carbons (Fsp3) is 0.133. The van der Waals surface area contributed by atoms with Crippen LogP contribution in [0.2, 0.25) is 0 Å². The van der Waals surface area contributed by atoms with Crippen LogP contribution in [0.15, 0.2) is 36.4 Å². The van der Waals surface area contributed by atoms with Crippen molar-refractivity contribution in [2.45, 2.75) is 6.92 Å². The second kappa shape index (κ2) is 6.21. The number of urea groups is 1. The normalized spacial score (nSPS) is 10.1. The van der Waals surface area contributed by atoms with E-state index in [1.807, 2.05) is 13.0 Å². The lowest BCUT2D eigenvalue weighted by atomic mass is 10.2. The quantitative estimate of drug-likeness (QED) is 0.900. The molecule has 2 N–H and O–H groups in total. The summed E-state index contributed by atoms with van der Waals surface area (Å²) >= 11 is 0. The maximum absolute atomic E-state index is 13.1. The Morgan fingerprint density at radius 1 is 1.05 bits per heavy atom. The molecule has 0 atom stereocenters. The summed E-state index contributed by atoms with van der Waals surface area (Å²) in [6.07, 6.45) is 0. The Morgan fingerprint density at radius 2 is 1.81 bits per heavy atom. The number of rotatable bonds is 3. The number of methoxy groups -OCH3 is 1. The molecule has 6 heteroatoms. The first-order valence-corrected chi connectivity index (χ1v) is 6.17. The van der Waals surface area contributed by atoms with Gasteiger partial charge in [-0.05, 0) is 36.8 Å². The largest absolute Gasteiger partial charge is 0.495 e. The van der Waals surface area contributed by atoms with E-state index < -0.39 is 17.7 Å². The summed E-state index contributed by atoms with van der Waals surface area (Å²) in [5.74, 6) is -1.50. The van der Waals surface area contributed by atoms with Gasteiger partial charge in [-0.3, -0.25) is 0 Å². The van der Waals surface area contributed by atoms with Crippen molar-refractivity contribution in [1.29, 1.82) is 0 Å². The Kier molecular flexibility index (Phi) is 4.37. The molecule has 2 aromatic rings. The first-order chi connectivity index (χ1) is 9.99. The van der Waals surface area contributed by atoms with Crippen molar-refractivity contribution in [3.8, 4) is 5.75 Å². The number of hydrogen-bond acceptors (Lipinski definition) is 2. The highest BCUT2D eigenvalue weighted by Gasteiger charge is 2.09. The monoisotopic (exact) mass is 292 g/mol. The van der Waals surface area contributed by atoms with Crippen LogP contribution < -0.4 is 15.4 Å². The van der Waals surface area contributed by atoms with Gasteiger partial charge in [-0.25, -0.2) is 13.6 Å². The minimum Gasteiger partial charge on any atom is -0.495 e. The van der Waals surface area contributed by atoms with Crippen LogP contribution in [0.5, 0.6) is 5.75 Å². The first-order valence-electron chi connectivity index (χ1n) is 6.17. The molecular weight excluding hydrogens is 278 g/mol. The van der Waals surface area contributed by atoms with Gasteiger partial charge in [0.25, 0.3) is 0 Å². The Morgan fingerprint density at radius 3 is 2.48 bits per heavy atom. The van der Waals surface area contributed by atoms with Gasteiger partial charge in [-0.1, -0.05) is 6.07 Å². The molecule has 0 radical (unpaired) electrons. The van der Waals surface area contributed by atoms with Gasteiger partial charge in [0.2, 0.25) is 0 Å². The van der Waals surface area contributed by atoms with Crippen LogP contribution in [-0.2, 0) is 0 Å². The van der Waals surface area contributed by atoms with E-state index in [1.165, 1.54) is 13.2 Å². The van der Waals surface area contributed by atoms with Crippen LogP contribution in [0.4, 0.5) is 25.0 Å². The fourth-order valence-electron chi connectivity index (χ4n) is 1.78. The summed E-state index contributed by atoms with van der Waals surface area (Å²) in [6.45, 7) is 1.87. The Bertz CT molecular complexity index is 675. The van der Waals surface area contributed by atoms with Gasteiger partial charge >= 0.3 is 6.03 Å². The van der Waals surface area contributed by atoms with E-state index in [2.05, 4.69) is 10.6 Å². The lowest BCUT2D eigenvalue weighted by molar-refractivity contribution is 0.262. The van der Waals surface area contributed by atoms with Crippen molar-refractivity contribution in [1.82, 2.24) is 0 Å². The van der Waals surface area contributed by atoms with E-state index in [0.29, 0.717) is 11.4 Å². The zero-order valence-corrected chi connectivity index (χ0v) is 11.5. The zero-order valence-electron chi connectivity index (χ0n) is 11.5. The van der Waals surface area contributed by atoms with E-state index in [4.69, 9.17) is 4.74 Å². The average molecular weight is 292 g/mol. The maximum atomic E-state index is 13.1. The molecule has 4 nitrogen and oxygen atoms in total. The minimum atomic E-state index is -1.03. The van der Waals surface area contributed by atoms with Crippen molar-refractivity contribution in [2.75, 3.05) is 17.7 Å². The lowest BCUT2D eigenvalue weighted by Gasteiger charge is -2.12. The van der Waals surface area contributed by atoms with Gasteiger partial charge in [-0.15, -0.1) is 0 Å². The van der Waals surface area contributed by atoms with E-state index in [1.54, 1.807) is 12.1 Å². The number of amides is 2. The average Bonchev–Trinajstić information content (AvgIpc) is 2.43. The molecule has 0 bridgehead atoms. The van der Waals surface area contributed by atoms with E-state index in [0.717, 1.165) is 17.7 Å². The maximum Gasteiger partial charge on any atom is 0.323 e. The van der Waals surface area contributed by atoms with Crippen LogP contribution in [0, 0.1) is 18.6 Å². The third kappa shape index (κ3) is 3.68. The number of anilines is 2. The molecule has 0 fully saturated rings. The van der Waals surface area contributed by atoms with Crippen LogP contribution in [0.1, 0.15) is 5.56 Å². The topological polar surface area (TPSA) is 50.4 Å². The molecule has 0 spiro atoms. The number of hydrogen-bond donors (Lipinski definition) is 2. The van der Waals surface area contributed by atoms with Crippen LogP contribution in [0.3, 0.4) is 0 Å². The van der Waals surface area contributed by atoms with Crippen molar-refractivity contribution in [3.05, 3.63) is 53.6 Å². The standard InChI is InChI=1S/C15H14F2N2O2/c1-9-3-6-14(21-2)13(7-9)19-15(20)18-10-4-5-11(16)12(17)8-10/h3-8H,1-2H3,(H2,18,19,20). The highest BCUT2D eigenvalue weighted by Crippen LogP contribution is 2.25. The molecule has 2 rings (SSSR count). The van der Waals surface area contributed by atoms with Crippen LogP contribution in [0.25, 0.3) is 0 Å². The van der Waals surface area contributed by atoms with Crippen molar-refractivity contribution < 1.29 is 18.3 Å². The van der Waals surface area contributed by atoms with Crippen molar-refractivity contribution in [3.63, 3.8) is 0 Å². The second-order valence-corrected chi connectivity index (χ2v) is 4.41. The number of halogens is 2. The number of ether oxygens (including phenoxy) is 1. The SMILES string of the molecule is COc1ccc(C)cc1NC(=O)Nc1ccc(F)c(F)c1. The predicted octanol–water partition coefficient (Wildman–Crippen LogP) is 3.93. The predicted molar refractivity (Wildman–Crippen MR) is 76.7 cm³/mol. The summed E-state index contributed by atoms with van der Waals surface area (Å²) in [6, 6.07) is 7.85. The first kappa shape index (κ1) is 14.8. The molecule has 2 amide bonds. The number of carbonyl (C=O) groups excluding carboxylic acids is 1. The summed E-state index contributed by atoms with van der Waals surface area (Å²) in [4.78, 5) is 11.9. The third-order valence-corrected chi connectivity index (χ3v) is 2.78. The van der Waals surface area contributed by atoms with Gasteiger partial charge < -0.3 is 15.4 Å². The zero-order chi connectivity index (χ0) is 15.4. The minimum absolute atomic E-state index is 0.151. The van der Waals surface area contributed by atoms with Crippen molar-refractivity contribution in [2.24, 2.45) is 0 Å². The summed E-state index contributed by atoms with van der Waals surface area (Å²) < 4.78 is 31.0. The summed E-state index contributed by atoms with van der Waals surface area (Å²) in [5, 5.41) is 5.01. The van der Waals surface area contributed by atoms with E-state index in [9.17, 15) is 13.6 Å². The Labute approximate surface area is 120 Å². The van der Waals surface area contributed by atoms with Gasteiger partial charge in [0, 0.05) is 11.8 Å². The van der Waals surface area contributed by atoms with Crippen LogP contribution >= 0.6 is 0 Å².